The third-order valence-electron chi connectivity index (χ3n) is 10.8. The van der Waals surface area contributed by atoms with Crippen molar-refractivity contribution in [3.05, 3.63) is 34.9 Å². The molecule has 0 aliphatic heterocycles. The van der Waals surface area contributed by atoms with Gasteiger partial charge in [-0.3, -0.25) is 4.79 Å². The minimum absolute atomic E-state index is 0.0182. The molecule has 33 heavy (non-hydrogen) atoms. The highest BCUT2D eigenvalue weighted by atomic mass is 16.4. The summed E-state index contributed by atoms with van der Waals surface area (Å²) < 4.78 is 0. The third kappa shape index (κ3) is 3.42. The van der Waals surface area contributed by atoms with E-state index in [1.54, 1.807) is 6.92 Å². The summed E-state index contributed by atoms with van der Waals surface area (Å²) in [5, 5.41) is 20.7. The second-order valence-corrected chi connectivity index (χ2v) is 12.2. The molecule has 2 fully saturated rings. The highest BCUT2D eigenvalue weighted by Gasteiger charge is 2.65. The SMILES string of the molecule is C/C(=C\CC[C@@H](C)C1C[C@H](O)[C@@]2(C)C3=CCC4[C@H](C)C(=O)CCC4(C)C3=CCC12C)C(=O)O. The Morgan fingerprint density at radius 3 is 2.61 bits per heavy atom. The number of carboxylic acid groups (broad SMARTS) is 1. The molecule has 0 saturated heterocycles. The van der Waals surface area contributed by atoms with Crippen LogP contribution in [0, 0.1) is 39.9 Å². The van der Waals surface area contributed by atoms with Crippen LogP contribution in [-0.4, -0.2) is 28.1 Å². The van der Waals surface area contributed by atoms with E-state index in [4.69, 9.17) is 5.11 Å². The van der Waals surface area contributed by atoms with Crippen LogP contribution in [-0.2, 0) is 9.59 Å². The topological polar surface area (TPSA) is 74.6 Å². The Morgan fingerprint density at radius 2 is 1.94 bits per heavy atom. The maximum absolute atomic E-state index is 12.5. The maximum Gasteiger partial charge on any atom is 0.330 e. The van der Waals surface area contributed by atoms with Crippen LogP contribution in [0.25, 0.3) is 0 Å². The number of aliphatic carboxylic acids is 1. The molecule has 2 saturated carbocycles. The Balaban J connectivity index is 1.64. The van der Waals surface area contributed by atoms with E-state index in [1.807, 2.05) is 6.08 Å². The van der Waals surface area contributed by atoms with Crippen molar-refractivity contribution >= 4 is 11.8 Å². The Bertz CT molecular complexity index is 941. The number of carboxylic acids is 1. The van der Waals surface area contributed by atoms with Gasteiger partial charge in [0.1, 0.15) is 5.78 Å². The van der Waals surface area contributed by atoms with Gasteiger partial charge in [0.25, 0.3) is 0 Å². The summed E-state index contributed by atoms with van der Waals surface area (Å²) in [6.45, 7) is 13.1. The normalized spacial score (nSPS) is 43.7. The summed E-state index contributed by atoms with van der Waals surface area (Å²) in [6, 6.07) is 0. The minimum Gasteiger partial charge on any atom is -0.478 e. The number of aliphatic hydroxyl groups excluding tert-OH is 1. The second-order valence-electron chi connectivity index (χ2n) is 12.2. The molecule has 0 aromatic carbocycles. The Morgan fingerprint density at radius 1 is 1.24 bits per heavy atom. The summed E-state index contributed by atoms with van der Waals surface area (Å²) >= 11 is 0. The van der Waals surface area contributed by atoms with E-state index >= 15 is 0 Å². The first-order valence-corrected chi connectivity index (χ1v) is 12.9. The summed E-state index contributed by atoms with van der Waals surface area (Å²) in [6.07, 6.45) is 12.2. The van der Waals surface area contributed by atoms with Crippen LogP contribution >= 0.6 is 0 Å². The predicted octanol–water partition coefficient (Wildman–Crippen LogP) is 6.11. The quantitative estimate of drug-likeness (QED) is 0.492. The molecule has 4 aliphatic carbocycles. The zero-order valence-electron chi connectivity index (χ0n) is 21.3. The van der Waals surface area contributed by atoms with Crippen LogP contribution in [0.1, 0.15) is 86.5 Å². The second kappa shape index (κ2) is 8.22. The van der Waals surface area contributed by atoms with Crippen molar-refractivity contribution in [3.8, 4) is 0 Å². The highest BCUT2D eigenvalue weighted by molar-refractivity contribution is 5.85. The fourth-order valence-corrected chi connectivity index (χ4v) is 8.25. The van der Waals surface area contributed by atoms with Gasteiger partial charge in [0, 0.05) is 23.3 Å². The maximum atomic E-state index is 12.5. The Hall–Kier alpha value is -1.68. The van der Waals surface area contributed by atoms with E-state index in [9.17, 15) is 14.7 Å². The van der Waals surface area contributed by atoms with E-state index < -0.39 is 5.97 Å². The number of rotatable bonds is 5. The van der Waals surface area contributed by atoms with Crippen molar-refractivity contribution in [2.24, 2.45) is 39.9 Å². The van der Waals surface area contributed by atoms with E-state index in [2.05, 4.69) is 46.8 Å². The molecule has 0 bridgehead atoms. The molecule has 4 nitrogen and oxygen atoms in total. The molecule has 4 aliphatic rings. The van der Waals surface area contributed by atoms with Crippen LogP contribution < -0.4 is 0 Å². The van der Waals surface area contributed by atoms with Gasteiger partial charge in [-0.1, -0.05) is 52.8 Å². The lowest BCUT2D eigenvalue weighted by molar-refractivity contribution is -0.132. The number of Topliss-reactive ketones (excluding diaryl/α,β-unsaturated/α-hetero) is 1. The lowest BCUT2D eigenvalue weighted by atomic mass is 9.46. The average Bonchev–Trinajstić information content (AvgIpc) is 2.97. The Kier molecular flexibility index (Phi) is 6.09. The fraction of sp³-hybridized carbons (Fsp3) is 0.724. The Labute approximate surface area is 199 Å². The van der Waals surface area contributed by atoms with Gasteiger partial charge in [-0.05, 0) is 85.2 Å². The van der Waals surface area contributed by atoms with E-state index in [0.717, 1.165) is 38.5 Å². The van der Waals surface area contributed by atoms with Gasteiger partial charge in [-0.2, -0.15) is 0 Å². The molecule has 0 heterocycles. The molecule has 2 N–H and O–H groups in total. The molecule has 0 amide bonds. The first-order chi connectivity index (χ1) is 15.4. The number of carbonyl (C=O) groups excluding carboxylic acids is 1. The number of hydrogen-bond donors (Lipinski definition) is 2. The standard InChI is InChI=1S/C29H42O4/c1-17(8-7-9-18(2)26(32)33)23-16-25(31)29(6)22-11-10-20-19(3)24(30)13-14-27(20,4)21(22)12-15-28(23,29)5/h9,11-12,17,19-20,23,25,31H,7-8,10,13-16H2,1-6H3,(H,32,33)/b18-9+/t17-,19+,20?,23?,25+,27?,28?,29-/m1/s1. The lowest BCUT2D eigenvalue weighted by Crippen LogP contribution is -2.52. The molecule has 8 atom stereocenters. The molecule has 4 unspecified atom stereocenters. The molecule has 0 spiro atoms. The molecule has 0 aromatic heterocycles. The van der Waals surface area contributed by atoms with Crippen molar-refractivity contribution in [3.63, 3.8) is 0 Å². The van der Waals surface area contributed by atoms with E-state index in [-0.39, 0.29) is 28.3 Å². The molecular weight excluding hydrogens is 412 g/mol. The van der Waals surface area contributed by atoms with Gasteiger partial charge in [0.15, 0.2) is 0 Å². The smallest absolute Gasteiger partial charge is 0.330 e. The zero-order valence-corrected chi connectivity index (χ0v) is 21.3. The molecule has 4 heteroatoms. The van der Waals surface area contributed by atoms with Crippen LogP contribution in [0.15, 0.2) is 34.9 Å². The summed E-state index contributed by atoms with van der Waals surface area (Å²) in [7, 11) is 0. The highest BCUT2D eigenvalue weighted by Crippen LogP contribution is 2.70. The monoisotopic (exact) mass is 454 g/mol. The van der Waals surface area contributed by atoms with Crippen LogP contribution in [0.4, 0.5) is 0 Å². The first kappa shape index (κ1) is 24.4. The van der Waals surface area contributed by atoms with Crippen LogP contribution in [0.2, 0.25) is 0 Å². The number of ketones is 1. The molecule has 0 aromatic rings. The third-order valence-corrected chi connectivity index (χ3v) is 10.8. The van der Waals surface area contributed by atoms with Gasteiger partial charge < -0.3 is 10.2 Å². The van der Waals surface area contributed by atoms with Crippen molar-refractivity contribution < 1.29 is 19.8 Å². The van der Waals surface area contributed by atoms with Crippen LogP contribution in [0.3, 0.4) is 0 Å². The van der Waals surface area contributed by atoms with Gasteiger partial charge in [-0.25, -0.2) is 4.79 Å². The van der Waals surface area contributed by atoms with Crippen molar-refractivity contribution in [1.82, 2.24) is 0 Å². The summed E-state index contributed by atoms with van der Waals surface area (Å²) in [5.41, 5.74) is 2.86. The molecular formula is C29H42O4. The largest absolute Gasteiger partial charge is 0.478 e. The van der Waals surface area contributed by atoms with Crippen molar-refractivity contribution in [2.45, 2.75) is 92.6 Å². The number of aliphatic hydroxyl groups is 1. The van der Waals surface area contributed by atoms with E-state index in [1.165, 1.54) is 11.1 Å². The van der Waals surface area contributed by atoms with Gasteiger partial charge in [0.2, 0.25) is 0 Å². The van der Waals surface area contributed by atoms with E-state index in [0.29, 0.717) is 35.5 Å². The fourth-order valence-electron chi connectivity index (χ4n) is 8.25. The zero-order chi connectivity index (χ0) is 24.3. The number of hydrogen-bond acceptors (Lipinski definition) is 3. The minimum atomic E-state index is -0.849. The molecule has 0 radical (unpaired) electrons. The number of fused-ring (bicyclic) bond motifs is 5. The number of carbonyl (C=O) groups is 2. The number of allylic oxidation sites excluding steroid dienone is 4. The molecule has 182 valence electrons. The first-order valence-electron chi connectivity index (χ1n) is 12.9. The lowest BCUT2D eigenvalue weighted by Gasteiger charge is -2.58. The summed E-state index contributed by atoms with van der Waals surface area (Å²) in [4.78, 5) is 23.6. The van der Waals surface area contributed by atoms with Crippen molar-refractivity contribution in [1.29, 1.82) is 0 Å². The van der Waals surface area contributed by atoms with Crippen molar-refractivity contribution in [2.75, 3.05) is 0 Å². The van der Waals surface area contributed by atoms with Gasteiger partial charge >= 0.3 is 5.97 Å². The van der Waals surface area contributed by atoms with Gasteiger partial charge in [0.05, 0.1) is 6.10 Å². The van der Waals surface area contributed by atoms with Crippen LogP contribution in [0.5, 0.6) is 0 Å². The molecule has 4 rings (SSSR count). The average molecular weight is 455 g/mol. The summed E-state index contributed by atoms with van der Waals surface area (Å²) in [5.74, 6) is 0.805. The van der Waals surface area contributed by atoms with Gasteiger partial charge in [-0.15, -0.1) is 0 Å². The predicted molar refractivity (Wildman–Crippen MR) is 131 cm³/mol.